The summed E-state index contributed by atoms with van der Waals surface area (Å²) in [4.78, 5) is 0. The molecule has 3 heteroatoms. The van der Waals surface area contributed by atoms with Gasteiger partial charge < -0.3 is 9.94 Å². The molecule has 0 aromatic heterocycles. The van der Waals surface area contributed by atoms with Crippen molar-refractivity contribution in [2.24, 2.45) is 0 Å². The van der Waals surface area contributed by atoms with E-state index in [9.17, 15) is 0 Å². The molecule has 66 valence electrons. The zero-order chi connectivity index (χ0) is 8.97. The monoisotopic (exact) mass is 167 g/mol. The topological polar surface area (TPSA) is 41.5 Å². The lowest BCUT2D eigenvalue weighted by molar-refractivity contribution is 0.133. The summed E-state index contributed by atoms with van der Waals surface area (Å²) in [5.74, 6) is 0.801. The van der Waals surface area contributed by atoms with Gasteiger partial charge in [-0.15, -0.1) is 0 Å². The number of hydroxylamine groups is 1. The molecule has 1 unspecified atom stereocenters. The Hall–Kier alpha value is -1.06. The molecule has 0 heterocycles. The minimum atomic E-state index is -0.0694. The number of hydrogen-bond acceptors (Lipinski definition) is 3. The average molecular weight is 167 g/mol. The van der Waals surface area contributed by atoms with Crippen LogP contribution in [0.2, 0.25) is 0 Å². The molecule has 0 aliphatic heterocycles. The molecule has 1 atom stereocenters. The predicted octanol–water partition coefficient (Wildman–Crippen LogP) is 1.73. The lowest BCUT2D eigenvalue weighted by atomic mass is 10.1. The Morgan fingerprint density at radius 3 is 2.83 bits per heavy atom. The van der Waals surface area contributed by atoms with Crippen LogP contribution in [0.15, 0.2) is 24.3 Å². The Bertz CT molecular complexity index is 250. The van der Waals surface area contributed by atoms with Crippen LogP contribution in [-0.4, -0.2) is 12.3 Å². The van der Waals surface area contributed by atoms with E-state index in [-0.39, 0.29) is 6.04 Å². The highest BCUT2D eigenvalue weighted by Crippen LogP contribution is 2.17. The van der Waals surface area contributed by atoms with Gasteiger partial charge in [0.15, 0.2) is 0 Å². The molecular weight excluding hydrogens is 154 g/mol. The van der Waals surface area contributed by atoms with Gasteiger partial charge in [0.05, 0.1) is 13.2 Å². The molecule has 0 fully saturated rings. The van der Waals surface area contributed by atoms with Crippen molar-refractivity contribution in [1.82, 2.24) is 5.48 Å². The van der Waals surface area contributed by atoms with Crippen LogP contribution < -0.4 is 10.2 Å². The molecule has 2 N–H and O–H groups in total. The molecule has 1 aromatic rings. The summed E-state index contributed by atoms with van der Waals surface area (Å²) in [7, 11) is 1.62. The van der Waals surface area contributed by atoms with Crippen molar-refractivity contribution in [1.29, 1.82) is 0 Å². The van der Waals surface area contributed by atoms with Crippen LogP contribution in [0, 0.1) is 0 Å². The summed E-state index contributed by atoms with van der Waals surface area (Å²) < 4.78 is 5.04. The van der Waals surface area contributed by atoms with E-state index in [2.05, 4.69) is 5.48 Å². The lowest BCUT2D eigenvalue weighted by Crippen LogP contribution is -2.12. The third kappa shape index (κ3) is 1.96. The van der Waals surface area contributed by atoms with Crippen LogP contribution in [-0.2, 0) is 0 Å². The summed E-state index contributed by atoms with van der Waals surface area (Å²) in [6.07, 6.45) is 0. The maximum absolute atomic E-state index is 8.66. The fourth-order valence-corrected chi connectivity index (χ4v) is 0.985. The molecular formula is C9H13NO2. The molecule has 0 aliphatic carbocycles. The molecule has 1 rings (SSSR count). The molecule has 0 saturated heterocycles. The van der Waals surface area contributed by atoms with Crippen LogP contribution in [0.3, 0.4) is 0 Å². The number of ether oxygens (including phenoxy) is 1. The highest BCUT2D eigenvalue weighted by molar-refractivity contribution is 5.29. The van der Waals surface area contributed by atoms with Gasteiger partial charge in [0.1, 0.15) is 5.75 Å². The first-order valence-electron chi connectivity index (χ1n) is 3.81. The van der Waals surface area contributed by atoms with E-state index in [0.29, 0.717) is 0 Å². The molecule has 0 aliphatic rings. The third-order valence-corrected chi connectivity index (χ3v) is 1.79. The number of hydrogen-bond donors (Lipinski definition) is 2. The van der Waals surface area contributed by atoms with Crippen molar-refractivity contribution in [2.75, 3.05) is 7.11 Å². The average Bonchev–Trinajstić information content (AvgIpc) is 2.17. The normalized spacial score (nSPS) is 12.6. The Kier molecular flexibility index (Phi) is 3.08. The van der Waals surface area contributed by atoms with Gasteiger partial charge in [-0.1, -0.05) is 12.1 Å². The first-order valence-corrected chi connectivity index (χ1v) is 3.81. The minimum Gasteiger partial charge on any atom is -0.497 e. The molecule has 3 nitrogen and oxygen atoms in total. The van der Waals surface area contributed by atoms with E-state index in [1.54, 1.807) is 7.11 Å². The number of nitrogens with one attached hydrogen (secondary N) is 1. The lowest BCUT2D eigenvalue weighted by Gasteiger charge is -2.09. The van der Waals surface area contributed by atoms with Gasteiger partial charge in [-0.2, -0.15) is 5.48 Å². The van der Waals surface area contributed by atoms with Gasteiger partial charge >= 0.3 is 0 Å². The zero-order valence-electron chi connectivity index (χ0n) is 7.24. The Balaban J connectivity index is 2.86. The highest BCUT2D eigenvalue weighted by Gasteiger charge is 2.03. The van der Waals surface area contributed by atoms with Gasteiger partial charge in [-0.05, 0) is 24.6 Å². The maximum Gasteiger partial charge on any atom is 0.119 e. The van der Waals surface area contributed by atoms with Crippen molar-refractivity contribution in [3.05, 3.63) is 29.8 Å². The highest BCUT2D eigenvalue weighted by atomic mass is 16.5. The van der Waals surface area contributed by atoms with E-state index >= 15 is 0 Å². The van der Waals surface area contributed by atoms with Crippen LogP contribution in [0.4, 0.5) is 0 Å². The summed E-state index contributed by atoms with van der Waals surface area (Å²) in [5.41, 5.74) is 3.17. The van der Waals surface area contributed by atoms with Crippen LogP contribution in [0.1, 0.15) is 18.5 Å². The summed E-state index contributed by atoms with van der Waals surface area (Å²) in [6, 6.07) is 7.50. The second kappa shape index (κ2) is 4.09. The number of methoxy groups -OCH3 is 1. The van der Waals surface area contributed by atoms with Crippen molar-refractivity contribution in [3.8, 4) is 5.75 Å². The zero-order valence-corrected chi connectivity index (χ0v) is 7.24. The Morgan fingerprint density at radius 1 is 1.50 bits per heavy atom. The fraction of sp³-hybridized carbons (Fsp3) is 0.333. The first kappa shape index (κ1) is 9.03. The number of benzene rings is 1. The van der Waals surface area contributed by atoms with Gasteiger partial charge in [0.2, 0.25) is 0 Å². The molecule has 0 spiro atoms. The summed E-state index contributed by atoms with van der Waals surface area (Å²) >= 11 is 0. The van der Waals surface area contributed by atoms with Gasteiger partial charge in [-0.25, -0.2) is 0 Å². The smallest absolute Gasteiger partial charge is 0.119 e. The van der Waals surface area contributed by atoms with Crippen molar-refractivity contribution >= 4 is 0 Å². The molecule has 0 amide bonds. The predicted molar refractivity (Wildman–Crippen MR) is 46.3 cm³/mol. The second-order valence-electron chi connectivity index (χ2n) is 2.63. The van der Waals surface area contributed by atoms with Crippen molar-refractivity contribution < 1.29 is 9.94 Å². The van der Waals surface area contributed by atoms with Crippen molar-refractivity contribution in [3.63, 3.8) is 0 Å². The maximum atomic E-state index is 8.66. The Morgan fingerprint density at radius 2 is 2.25 bits per heavy atom. The molecule has 12 heavy (non-hydrogen) atoms. The standard InChI is InChI=1S/C9H13NO2/c1-7(10-11)8-4-3-5-9(6-8)12-2/h3-7,10-11H,1-2H3. The van der Waals surface area contributed by atoms with E-state index in [1.165, 1.54) is 0 Å². The van der Waals surface area contributed by atoms with E-state index in [1.807, 2.05) is 31.2 Å². The van der Waals surface area contributed by atoms with Gasteiger partial charge in [-0.3, -0.25) is 0 Å². The summed E-state index contributed by atoms with van der Waals surface area (Å²) in [6.45, 7) is 1.87. The van der Waals surface area contributed by atoms with Crippen LogP contribution in [0.5, 0.6) is 5.75 Å². The molecule has 0 bridgehead atoms. The van der Waals surface area contributed by atoms with Gasteiger partial charge in [0.25, 0.3) is 0 Å². The quantitative estimate of drug-likeness (QED) is 0.674. The van der Waals surface area contributed by atoms with Crippen LogP contribution in [0.25, 0.3) is 0 Å². The summed E-state index contributed by atoms with van der Waals surface area (Å²) in [5, 5.41) is 8.66. The fourth-order valence-electron chi connectivity index (χ4n) is 0.985. The molecule has 0 radical (unpaired) electrons. The minimum absolute atomic E-state index is 0.0694. The van der Waals surface area contributed by atoms with Crippen molar-refractivity contribution in [2.45, 2.75) is 13.0 Å². The largest absolute Gasteiger partial charge is 0.497 e. The number of rotatable bonds is 3. The van der Waals surface area contributed by atoms with E-state index in [4.69, 9.17) is 9.94 Å². The molecule has 1 aromatic carbocycles. The Labute approximate surface area is 71.9 Å². The third-order valence-electron chi connectivity index (χ3n) is 1.79. The first-order chi connectivity index (χ1) is 5.77. The van der Waals surface area contributed by atoms with E-state index < -0.39 is 0 Å². The SMILES string of the molecule is COc1cccc(C(C)NO)c1. The van der Waals surface area contributed by atoms with E-state index in [0.717, 1.165) is 11.3 Å². The molecule has 0 saturated carbocycles. The van der Waals surface area contributed by atoms with Crippen LogP contribution >= 0.6 is 0 Å². The second-order valence-corrected chi connectivity index (χ2v) is 2.63. The van der Waals surface area contributed by atoms with Gasteiger partial charge in [0, 0.05) is 0 Å².